The van der Waals surface area contributed by atoms with Crippen LogP contribution in [0.3, 0.4) is 0 Å². The monoisotopic (exact) mass is 285 g/mol. The third-order valence-electron chi connectivity index (χ3n) is 4.14. The number of ether oxygens (including phenoxy) is 1. The van der Waals surface area contributed by atoms with Gasteiger partial charge in [-0.25, -0.2) is 9.59 Å². The molecule has 2 fully saturated rings. The van der Waals surface area contributed by atoms with Crippen LogP contribution in [-0.4, -0.2) is 90.8 Å². The Morgan fingerprint density at radius 3 is 2.75 bits per heavy atom. The highest BCUT2D eigenvalue weighted by molar-refractivity contribution is 5.83. The van der Waals surface area contributed by atoms with Crippen molar-refractivity contribution in [1.82, 2.24) is 14.7 Å². The highest BCUT2D eigenvalue weighted by atomic mass is 16.5. The second-order valence-corrected chi connectivity index (χ2v) is 5.56. The average Bonchev–Trinajstić information content (AvgIpc) is 2.83. The summed E-state index contributed by atoms with van der Waals surface area (Å²) in [6, 6.07) is -0.728. The van der Waals surface area contributed by atoms with E-state index in [0.29, 0.717) is 25.7 Å². The zero-order valence-corrected chi connectivity index (χ0v) is 12.1. The Kier molecular flexibility index (Phi) is 4.82. The fourth-order valence-electron chi connectivity index (χ4n) is 2.86. The highest BCUT2D eigenvalue weighted by Crippen LogP contribution is 2.17. The van der Waals surface area contributed by atoms with Gasteiger partial charge in [-0.3, -0.25) is 0 Å². The van der Waals surface area contributed by atoms with Crippen LogP contribution in [-0.2, 0) is 9.53 Å². The predicted octanol–water partition coefficient (Wildman–Crippen LogP) is -0.0822. The molecule has 7 heteroatoms. The lowest BCUT2D eigenvalue weighted by Crippen LogP contribution is -2.57. The number of carbonyl (C=O) groups excluding carboxylic acids is 1. The molecule has 0 aromatic rings. The van der Waals surface area contributed by atoms with E-state index in [4.69, 9.17) is 9.84 Å². The van der Waals surface area contributed by atoms with E-state index in [9.17, 15) is 9.59 Å². The van der Waals surface area contributed by atoms with Gasteiger partial charge in [-0.05, 0) is 26.4 Å². The first kappa shape index (κ1) is 15.1. The molecule has 2 atom stereocenters. The van der Waals surface area contributed by atoms with E-state index in [1.807, 2.05) is 0 Å². The molecule has 0 radical (unpaired) electrons. The minimum Gasteiger partial charge on any atom is -0.480 e. The molecule has 2 aliphatic rings. The van der Waals surface area contributed by atoms with E-state index in [1.165, 1.54) is 4.90 Å². The van der Waals surface area contributed by atoms with Gasteiger partial charge in [-0.1, -0.05) is 0 Å². The van der Waals surface area contributed by atoms with Gasteiger partial charge in [0.2, 0.25) is 0 Å². The van der Waals surface area contributed by atoms with Crippen molar-refractivity contribution in [1.29, 1.82) is 0 Å². The number of aliphatic carboxylic acids is 1. The molecule has 114 valence electrons. The first-order valence-corrected chi connectivity index (χ1v) is 7.03. The van der Waals surface area contributed by atoms with Crippen molar-refractivity contribution in [2.75, 3.05) is 46.9 Å². The van der Waals surface area contributed by atoms with E-state index in [0.717, 1.165) is 19.4 Å². The predicted molar refractivity (Wildman–Crippen MR) is 72.6 cm³/mol. The van der Waals surface area contributed by atoms with Crippen molar-refractivity contribution >= 4 is 12.0 Å². The van der Waals surface area contributed by atoms with Crippen molar-refractivity contribution < 1.29 is 19.4 Å². The van der Waals surface area contributed by atoms with Crippen LogP contribution in [0.5, 0.6) is 0 Å². The summed E-state index contributed by atoms with van der Waals surface area (Å²) in [6.07, 6.45) is 2.23. The van der Waals surface area contributed by atoms with Crippen LogP contribution in [0.25, 0.3) is 0 Å². The van der Waals surface area contributed by atoms with Gasteiger partial charge in [0.05, 0.1) is 13.2 Å². The van der Waals surface area contributed by atoms with E-state index in [-0.39, 0.29) is 12.6 Å². The molecule has 0 aromatic carbocycles. The third kappa shape index (κ3) is 3.21. The zero-order valence-electron chi connectivity index (χ0n) is 12.1. The summed E-state index contributed by atoms with van der Waals surface area (Å²) in [5.74, 6) is -1.01. The van der Waals surface area contributed by atoms with Crippen LogP contribution in [0.2, 0.25) is 0 Å². The molecule has 2 unspecified atom stereocenters. The molecule has 2 saturated heterocycles. The van der Waals surface area contributed by atoms with Crippen LogP contribution in [0.1, 0.15) is 12.8 Å². The molecule has 1 N–H and O–H groups in total. The molecule has 0 aromatic heterocycles. The van der Waals surface area contributed by atoms with Crippen LogP contribution in [0.15, 0.2) is 0 Å². The molecular weight excluding hydrogens is 262 g/mol. The fourth-order valence-corrected chi connectivity index (χ4v) is 2.86. The number of amides is 2. The lowest BCUT2D eigenvalue weighted by molar-refractivity contribution is -0.147. The maximum absolute atomic E-state index is 12.4. The molecule has 7 nitrogen and oxygen atoms in total. The van der Waals surface area contributed by atoms with Gasteiger partial charge in [0.1, 0.15) is 0 Å². The number of likely N-dealkylation sites (tertiary alicyclic amines) is 1. The number of carboxylic acids is 1. The maximum atomic E-state index is 12.4. The van der Waals surface area contributed by atoms with Crippen LogP contribution < -0.4 is 0 Å². The normalized spacial score (nSPS) is 27.6. The Labute approximate surface area is 119 Å². The molecule has 2 amide bonds. The van der Waals surface area contributed by atoms with Crippen molar-refractivity contribution in [3.8, 4) is 0 Å². The number of rotatable bonds is 3. The van der Waals surface area contributed by atoms with Crippen LogP contribution in [0, 0.1) is 0 Å². The number of hydrogen-bond acceptors (Lipinski definition) is 4. The van der Waals surface area contributed by atoms with E-state index >= 15 is 0 Å². The lowest BCUT2D eigenvalue weighted by Gasteiger charge is -2.36. The van der Waals surface area contributed by atoms with Crippen molar-refractivity contribution in [3.05, 3.63) is 0 Å². The van der Waals surface area contributed by atoms with Gasteiger partial charge in [0.25, 0.3) is 0 Å². The van der Waals surface area contributed by atoms with Gasteiger partial charge in [0, 0.05) is 26.2 Å². The Hall–Kier alpha value is -1.34. The average molecular weight is 285 g/mol. The van der Waals surface area contributed by atoms with Crippen molar-refractivity contribution in [2.24, 2.45) is 0 Å². The topological polar surface area (TPSA) is 73.3 Å². The molecule has 0 saturated carbocycles. The Balaban J connectivity index is 1.95. The molecular formula is C13H23N3O4. The molecule has 2 heterocycles. The minimum atomic E-state index is -1.01. The minimum absolute atomic E-state index is 0.0677. The van der Waals surface area contributed by atoms with E-state index < -0.39 is 12.0 Å². The number of carboxylic acid groups (broad SMARTS) is 1. The standard InChI is InChI=1S/C13H23N3O4/c1-14-5-3-4-10(14)8-15(2)13(19)16-6-7-20-9-11(16)12(17)18/h10-11H,3-9H2,1-2H3,(H,17,18). The molecule has 0 spiro atoms. The SMILES string of the molecule is CN(CC1CCCN1C)C(=O)N1CCOCC1C(=O)O. The number of carbonyl (C=O) groups is 2. The lowest BCUT2D eigenvalue weighted by atomic mass is 10.2. The molecule has 20 heavy (non-hydrogen) atoms. The first-order chi connectivity index (χ1) is 9.50. The summed E-state index contributed by atoms with van der Waals surface area (Å²) in [4.78, 5) is 28.9. The van der Waals surface area contributed by atoms with Crippen molar-refractivity contribution in [2.45, 2.75) is 24.9 Å². The zero-order chi connectivity index (χ0) is 14.7. The summed E-state index contributed by atoms with van der Waals surface area (Å²) >= 11 is 0. The first-order valence-electron chi connectivity index (χ1n) is 7.03. The number of urea groups is 1. The van der Waals surface area contributed by atoms with Gasteiger partial charge in [0.15, 0.2) is 6.04 Å². The second-order valence-electron chi connectivity index (χ2n) is 5.56. The summed E-state index contributed by atoms with van der Waals surface area (Å²) in [6.45, 7) is 2.49. The summed E-state index contributed by atoms with van der Waals surface area (Å²) in [5, 5.41) is 9.16. The Morgan fingerprint density at radius 2 is 2.15 bits per heavy atom. The molecule has 0 aliphatic carbocycles. The maximum Gasteiger partial charge on any atom is 0.328 e. The highest BCUT2D eigenvalue weighted by Gasteiger charge is 2.35. The van der Waals surface area contributed by atoms with E-state index in [2.05, 4.69) is 11.9 Å². The third-order valence-corrected chi connectivity index (χ3v) is 4.14. The Morgan fingerprint density at radius 1 is 1.40 bits per heavy atom. The fraction of sp³-hybridized carbons (Fsp3) is 0.846. The van der Waals surface area contributed by atoms with Gasteiger partial charge < -0.3 is 24.5 Å². The van der Waals surface area contributed by atoms with Crippen LogP contribution >= 0.6 is 0 Å². The quantitative estimate of drug-likeness (QED) is 0.785. The smallest absolute Gasteiger partial charge is 0.328 e. The summed E-state index contributed by atoms with van der Waals surface area (Å²) < 4.78 is 5.15. The van der Waals surface area contributed by atoms with Gasteiger partial charge in [-0.2, -0.15) is 0 Å². The largest absolute Gasteiger partial charge is 0.480 e. The van der Waals surface area contributed by atoms with Gasteiger partial charge in [-0.15, -0.1) is 0 Å². The van der Waals surface area contributed by atoms with Crippen molar-refractivity contribution in [3.63, 3.8) is 0 Å². The van der Waals surface area contributed by atoms with Crippen LogP contribution in [0.4, 0.5) is 4.79 Å². The number of nitrogens with zero attached hydrogens (tertiary/aromatic N) is 3. The molecule has 0 bridgehead atoms. The number of morpholine rings is 1. The molecule has 2 aliphatic heterocycles. The van der Waals surface area contributed by atoms with Gasteiger partial charge >= 0.3 is 12.0 Å². The molecule has 2 rings (SSSR count). The van der Waals surface area contributed by atoms with E-state index in [1.54, 1.807) is 11.9 Å². The number of likely N-dealkylation sites (N-methyl/N-ethyl adjacent to an activating group) is 2. The Bertz CT molecular complexity index is 377. The number of hydrogen-bond donors (Lipinski definition) is 1. The summed E-state index contributed by atoms with van der Waals surface area (Å²) in [7, 11) is 3.80. The second kappa shape index (κ2) is 6.41. The summed E-state index contributed by atoms with van der Waals surface area (Å²) in [5.41, 5.74) is 0.